The van der Waals surface area contributed by atoms with Gasteiger partial charge in [-0.05, 0) is 44.0 Å². The minimum Gasteiger partial charge on any atom is -0.494 e. The van der Waals surface area contributed by atoms with E-state index in [-0.39, 0.29) is 23.7 Å². The summed E-state index contributed by atoms with van der Waals surface area (Å²) in [6.45, 7) is 9.23. The lowest BCUT2D eigenvalue weighted by molar-refractivity contribution is -0.127. The van der Waals surface area contributed by atoms with Crippen LogP contribution in [0.3, 0.4) is 0 Å². The zero-order chi connectivity index (χ0) is 20.6. The van der Waals surface area contributed by atoms with Crippen LogP contribution in [0.15, 0.2) is 24.3 Å². The standard InChI is InChI=1S/C21H35NO5S/c1-17(2)21(23)16-26-15-14-25-13-12-24-10-4-5-11-27-20-8-6-19(7-9-20)22-18(3)28/h6-9,17-18,22,28H,4-5,10-16H2,1-3H3. The highest BCUT2D eigenvalue weighted by Crippen LogP contribution is 2.17. The van der Waals surface area contributed by atoms with E-state index in [4.69, 9.17) is 18.9 Å². The van der Waals surface area contributed by atoms with Gasteiger partial charge in [0, 0.05) is 18.2 Å². The number of Topliss-reactive ketones (excluding diaryl/α,β-unsaturated/α-hetero) is 1. The van der Waals surface area contributed by atoms with Crippen molar-refractivity contribution in [3.63, 3.8) is 0 Å². The first-order valence-electron chi connectivity index (χ1n) is 9.92. The molecular formula is C21H35NO5S. The number of hydrogen-bond acceptors (Lipinski definition) is 7. The smallest absolute Gasteiger partial charge is 0.160 e. The molecule has 0 amide bonds. The average Bonchev–Trinajstić information content (AvgIpc) is 2.66. The molecule has 0 spiro atoms. The van der Waals surface area contributed by atoms with E-state index < -0.39 is 0 Å². The SMILES string of the molecule is CC(S)Nc1ccc(OCCCCOCCOCCOCC(=O)C(C)C)cc1. The molecule has 1 aromatic rings. The first-order chi connectivity index (χ1) is 13.5. The minimum atomic E-state index is 0.0181. The number of carbonyl (C=O) groups excluding carboxylic acids is 1. The molecular weight excluding hydrogens is 378 g/mol. The fourth-order valence-electron chi connectivity index (χ4n) is 2.16. The van der Waals surface area contributed by atoms with Crippen LogP contribution >= 0.6 is 12.6 Å². The molecule has 7 heteroatoms. The Morgan fingerprint density at radius 1 is 0.893 bits per heavy atom. The molecule has 0 aromatic heterocycles. The highest BCUT2D eigenvalue weighted by molar-refractivity contribution is 7.81. The largest absolute Gasteiger partial charge is 0.494 e. The summed E-state index contributed by atoms with van der Waals surface area (Å²) in [5.74, 6) is 0.998. The number of nitrogens with one attached hydrogen (secondary N) is 1. The number of benzene rings is 1. The Kier molecular flexibility index (Phi) is 13.8. The third-order valence-electron chi connectivity index (χ3n) is 3.81. The maximum Gasteiger partial charge on any atom is 0.160 e. The zero-order valence-corrected chi connectivity index (χ0v) is 18.2. The fourth-order valence-corrected chi connectivity index (χ4v) is 2.31. The number of hydrogen-bond donors (Lipinski definition) is 2. The van der Waals surface area contributed by atoms with Gasteiger partial charge in [-0.25, -0.2) is 0 Å². The van der Waals surface area contributed by atoms with Gasteiger partial charge in [0.25, 0.3) is 0 Å². The van der Waals surface area contributed by atoms with E-state index in [0.717, 1.165) is 24.3 Å². The molecule has 1 atom stereocenters. The predicted molar refractivity (Wildman–Crippen MR) is 116 cm³/mol. The van der Waals surface area contributed by atoms with Crippen molar-refractivity contribution in [2.24, 2.45) is 5.92 Å². The second-order valence-corrected chi connectivity index (χ2v) is 7.57. The Labute approximate surface area is 174 Å². The molecule has 0 aliphatic rings. The number of ether oxygens (including phenoxy) is 4. The van der Waals surface area contributed by atoms with Gasteiger partial charge >= 0.3 is 0 Å². The molecule has 0 bridgehead atoms. The Bertz CT molecular complexity index is 522. The number of thiol groups is 1. The number of rotatable bonds is 17. The second-order valence-electron chi connectivity index (χ2n) is 6.80. The van der Waals surface area contributed by atoms with Gasteiger partial charge in [0.2, 0.25) is 0 Å². The van der Waals surface area contributed by atoms with Crippen molar-refractivity contribution in [1.82, 2.24) is 0 Å². The van der Waals surface area contributed by atoms with Crippen LogP contribution in [-0.4, -0.2) is 57.4 Å². The maximum absolute atomic E-state index is 11.4. The number of carbonyl (C=O) groups is 1. The predicted octanol–water partition coefficient (Wildman–Crippen LogP) is 3.81. The quantitative estimate of drug-likeness (QED) is 0.230. The Balaban J connectivity index is 1.87. The van der Waals surface area contributed by atoms with E-state index in [0.29, 0.717) is 39.6 Å². The van der Waals surface area contributed by atoms with Crippen molar-refractivity contribution < 1.29 is 23.7 Å². The Morgan fingerprint density at radius 2 is 1.46 bits per heavy atom. The van der Waals surface area contributed by atoms with Crippen molar-refractivity contribution in [3.8, 4) is 5.75 Å². The monoisotopic (exact) mass is 413 g/mol. The molecule has 0 aliphatic carbocycles. The van der Waals surface area contributed by atoms with Crippen LogP contribution in [0.5, 0.6) is 5.75 Å². The van der Waals surface area contributed by atoms with Crippen LogP contribution in [-0.2, 0) is 19.0 Å². The zero-order valence-electron chi connectivity index (χ0n) is 17.3. The fraction of sp³-hybridized carbons (Fsp3) is 0.667. The molecule has 0 radical (unpaired) electrons. The summed E-state index contributed by atoms with van der Waals surface area (Å²) in [5.41, 5.74) is 1.03. The van der Waals surface area contributed by atoms with Crippen LogP contribution in [0.25, 0.3) is 0 Å². The lowest BCUT2D eigenvalue weighted by Crippen LogP contribution is -2.17. The molecule has 0 saturated carbocycles. The highest BCUT2D eigenvalue weighted by atomic mass is 32.1. The van der Waals surface area contributed by atoms with E-state index in [1.54, 1.807) is 0 Å². The van der Waals surface area contributed by atoms with E-state index in [1.165, 1.54) is 0 Å². The third-order valence-corrected chi connectivity index (χ3v) is 3.94. The van der Waals surface area contributed by atoms with Crippen molar-refractivity contribution >= 4 is 24.1 Å². The molecule has 6 nitrogen and oxygen atoms in total. The molecule has 0 saturated heterocycles. The minimum absolute atomic E-state index is 0.0181. The normalized spacial score (nSPS) is 12.2. The molecule has 0 aliphatic heterocycles. The molecule has 1 N–H and O–H groups in total. The molecule has 28 heavy (non-hydrogen) atoms. The lowest BCUT2D eigenvalue weighted by atomic mass is 10.1. The number of ketones is 1. The van der Waals surface area contributed by atoms with Crippen LogP contribution in [0.2, 0.25) is 0 Å². The van der Waals surface area contributed by atoms with Crippen LogP contribution < -0.4 is 10.1 Å². The first kappa shape index (κ1) is 24.8. The van der Waals surface area contributed by atoms with Crippen LogP contribution in [0.4, 0.5) is 5.69 Å². The summed E-state index contributed by atoms with van der Waals surface area (Å²) < 4.78 is 21.9. The van der Waals surface area contributed by atoms with E-state index in [1.807, 2.05) is 45.0 Å². The van der Waals surface area contributed by atoms with Crippen LogP contribution in [0.1, 0.15) is 33.6 Å². The van der Waals surface area contributed by atoms with Crippen molar-refractivity contribution in [2.75, 3.05) is 51.6 Å². The summed E-state index contributed by atoms with van der Waals surface area (Å²) in [5, 5.41) is 3.33. The molecule has 0 fully saturated rings. The highest BCUT2D eigenvalue weighted by Gasteiger charge is 2.06. The Morgan fingerprint density at radius 3 is 2.07 bits per heavy atom. The summed E-state index contributed by atoms with van der Waals surface area (Å²) in [7, 11) is 0. The van der Waals surface area contributed by atoms with Gasteiger partial charge in [-0.2, -0.15) is 12.6 Å². The van der Waals surface area contributed by atoms with Gasteiger partial charge < -0.3 is 24.3 Å². The summed E-state index contributed by atoms with van der Waals surface area (Å²) in [6, 6.07) is 7.88. The summed E-state index contributed by atoms with van der Waals surface area (Å²) >= 11 is 4.30. The van der Waals surface area contributed by atoms with Crippen molar-refractivity contribution in [1.29, 1.82) is 0 Å². The van der Waals surface area contributed by atoms with Gasteiger partial charge in [0.05, 0.1) is 38.4 Å². The third kappa shape index (κ3) is 13.0. The Hall–Kier alpha value is -1.28. The number of anilines is 1. The van der Waals surface area contributed by atoms with Crippen molar-refractivity contribution in [2.45, 2.75) is 39.0 Å². The van der Waals surface area contributed by atoms with Gasteiger partial charge in [-0.3, -0.25) is 4.79 Å². The van der Waals surface area contributed by atoms with Gasteiger partial charge in [-0.15, -0.1) is 0 Å². The van der Waals surface area contributed by atoms with Gasteiger partial charge in [0.1, 0.15) is 12.4 Å². The molecule has 1 rings (SSSR count). The van der Waals surface area contributed by atoms with Gasteiger partial charge in [-0.1, -0.05) is 13.8 Å². The molecule has 0 heterocycles. The van der Waals surface area contributed by atoms with Crippen molar-refractivity contribution in [3.05, 3.63) is 24.3 Å². The lowest BCUT2D eigenvalue weighted by Gasteiger charge is -2.11. The summed E-state index contributed by atoms with van der Waals surface area (Å²) in [6.07, 6.45) is 1.88. The molecule has 1 unspecified atom stereocenters. The maximum atomic E-state index is 11.4. The average molecular weight is 414 g/mol. The van der Waals surface area contributed by atoms with E-state index in [9.17, 15) is 4.79 Å². The topological polar surface area (TPSA) is 66.0 Å². The van der Waals surface area contributed by atoms with Crippen LogP contribution in [0, 0.1) is 5.92 Å². The number of unbranched alkanes of at least 4 members (excludes halogenated alkanes) is 1. The second kappa shape index (κ2) is 15.6. The summed E-state index contributed by atoms with van der Waals surface area (Å²) in [4.78, 5) is 11.4. The first-order valence-corrected chi connectivity index (χ1v) is 10.4. The molecule has 1 aromatic carbocycles. The van der Waals surface area contributed by atoms with E-state index in [2.05, 4.69) is 17.9 Å². The molecule has 160 valence electrons. The van der Waals surface area contributed by atoms with Gasteiger partial charge in [0.15, 0.2) is 5.78 Å². The van der Waals surface area contributed by atoms with E-state index >= 15 is 0 Å².